The molecule has 0 spiro atoms. The standard InChI is InChI=1S/C17H24N2S/c1-12-5-3-7-14(11-12)9-10-19-15-8-4-6-13(2)16(15)18-17(19)20/h4,6,8,12,14H,3,5,7,9-11H2,1-2H3,(H,18,20). The summed E-state index contributed by atoms with van der Waals surface area (Å²) < 4.78 is 3.16. The summed E-state index contributed by atoms with van der Waals surface area (Å²) in [5, 5.41) is 0. The molecular weight excluding hydrogens is 264 g/mol. The summed E-state index contributed by atoms with van der Waals surface area (Å²) in [4.78, 5) is 3.37. The van der Waals surface area contributed by atoms with Crippen molar-refractivity contribution in [3.63, 3.8) is 0 Å². The molecule has 2 atom stereocenters. The molecular formula is C17H24N2S. The summed E-state index contributed by atoms with van der Waals surface area (Å²) in [6.45, 7) is 5.59. The third-order valence-electron chi connectivity index (χ3n) is 4.82. The Morgan fingerprint density at radius 2 is 2.20 bits per heavy atom. The van der Waals surface area contributed by atoms with Gasteiger partial charge in [-0.1, -0.05) is 38.3 Å². The number of aryl methyl sites for hydroxylation is 2. The normalized spacial score (nSPS) is 23.3. The fourth-order valence-corrected chi connectivity index (χ4v) is 3.97. The number of aromatic amines is 1. The lowest BCUT2D eigenvalue weighted by Gasteiger charge is -2.26. The molecule has 1 heterocycles. The first-order chi connectivity index (χ1) is 9.65. The maximum atomic E-state index is 5.51. The van der Waals surface area contributed by atoms with E-state index in [2.05, 4.69) is 41.6 Å². The summed E-state index contributed by atoms with van der Waals surface area (Å²) in [5.41, 5.74) is 3.74. The predicted octanol–water partition coefficient (Wildman–Crippen LogP) is 5.22. The highest BCUT2D eigenvalue weighted by molar-refractivity contribution is 7.71. The van der Waals surface area contributed by atoms with Crippen LogP contribution < -0.4 is 0 Å². The molecule has 0 radical (unpaired) electrons. The monoisotopic (exact) mass is 288 g/mol. The van der Waals surface area contributed by atoms with Gasteiger partial charge >= 0.3 is 0 Å². The molecule has 1 aromatic carbocycles. The molecule has 1 aliphatic rings. The number of imidazole rings is 1. The van der Waals surface area contributed by atoms with Crippen LogP contribution in [0.5, 0.6) is 0 Å². The van der Waals surface area contributed by atoms with Crippen LogP contribution in [0.2, 0.25) is 0 Å². The Bertz CT molecular complexity index is 653. The van der Waals surface area contributed by atoms with Crippen molar-refractivity contribution in [1.82, 2.24) is 9.55 Å². The van der Waals surface area contributed by atoms with Crippen molar-refractivity contribution in [1.29, 1.82) is 0 Å². The zero-order chi connectivity index (χ0) is 14.1. The topological polar surface area (TPSA) is 20.7 Å². The van der Waals surface area contributed by atoms with E-state index in [1.165, 1.54) is 48.7 Å². The Morgan fingerprint density at radius 3 is 3.00 bits per heavy atom. The van der Waals surface area contributed by atoms with E-state index < -0.39 is 0 Å². The van der Waals surface area contributed by atoms with Crippen molar-refractivity contribution < 1.29 is 0 Å². The van der Waals surface area contributed by atoms with E-state index >= 15 is 0 Å². The second kappa shape index (κ2) is 5.72. The van der Waals surface area contributed by atoms with Gasteiger partial charge in [-0.15, -0.1) is 0 Å². The minimum Gasteiger partial charge on any atom is -0.330 e. The molecule has 1 N–H and O–H groups in total. The summed E-state index contributed by atoms with van der Waals surface area (Å²) in [7, 11) is 0. The van der Waals surface area contributed by atoms with E-state index in [9.17, 15) is 0 Å². The summed E-state index contributed by atoms with van der Waals surface area (Å²) >= 11 is 5.51. The van der Waals surface area contributed by atoms with Gasteiger partial charge < -0.3 is 9.55 Å². The average Bonchev–Trinajstić information content (AvgIpc) is 2.74. The first-order valence-corrected chi connectivity index (χ1v) is 8.24. The zero-order valence-corrected chi connectivity index (χ0v) is 13.3. The Morgan fingerprint density at radius 1 is 1.35 bits per heavy atom. The third kappa shape index (κ3) is 2.69. The minimum absolute atomic E-state index is 0.873. The van der Waals surface area contributed by atoms with E-state index in [-0.39, 0.29) is 0 Å². The van der Waals surface area contributed by atoms with Crippen LogP contribution in [0, 0.1) is 23.5 Å². The molecule has 2 unspecified atom stereocenters. The Kier molecular flexibility index (Phi) is 3.97. The van der Waals surface area contributed by atoms with E-state index in [0.29, 0.717) is 0 Å². The maximum absolute atomic E-state index is 5.51. The molecule has 0 bridgehead atoms. The lowest BCUT2D eigenvalue weighted by Crippen LogP contribution is -2.15. The van der Waals surface area contributed by atoms with Crippen molar-refractivity contribution >= 4 is 23.3 Å². The second-order valence-corrected chi connectivity index (χ2v) is 6.86. The minimum atomic E-state index is 0.873. The molecule has 3 heteroatoms. The first kappa shape index (κ1) is 13.9. The lowest BCUT2D eigenvalue weighted by atomic mass is 9.81. The lowest BCUT2D eigenvalue weighted by molar-refractivity contribution is 0.261. The van der Waals surface area contributed by atoms with E-state index in [4.69, 9.17) is 12.2 Å². The quantitative estimate of drug-likeness (QED) is 0.768. The molecule has 0 aliphatic heterocycles. The van der Waals surface area contributed by atoms with Gasteiger partial charge in [-0.2, -0.15) is 0 Å². The van der Waals surface area contributed by atoms with Gasteiger partial charge in [0, 0.05) is 6.54 Å². The maximum Gasteiger partial charge on any atom is 0.178 e. The zero-order valence-electron chi connectivity index (χ0n) is 12.5. The third-order valence-corrected chi connectivity index (χ3v) is 5.15. The summed E-state index contributed by atoms with van der Waals surface area (Å²) in [6, 6.07) is 6.44. The highest BCUT2D eigenvalue weighted by atomic mass is 32.1. The molecule has 1 saturated carbocycles. The van der Waals surface area contributed by atoms with Gasteiger partial charge in [0.2, 0.25) is 0 Å². The van der Waals surface area contributed by atoms with E-state index in [1.807, 2.05) is 0 Å². The van der Waals surface area contributed by atoms with Crippen molar-refractivity contribution in [2.24, 2.45) is 11.8 Å². The number of rotatable bonds is 3. The van der Waals surface area contributed by atoms with Gasteiger partial charge in [-0.05, 0) is 55.4 Å². The van der Waals surface area contributed by atoms with Gasteiger partial charge in [-0.3, -0.25) is 0 Å². The summed E-state index contributed by atoms with van der Waals surface area (Å²) in [6.07, 6.45) is 6.89. The smallest absolute Gasteiger partial charge is 0.178 e. The van der Waals surface area contributed by atoms with Crippen LogP contribution in [0.15, 0.2) is 18.2 Å². The fraction of sp³-hybridized carbons (Fsp3) is 0.588. The Labute approximate surface area is 126 Å². The molecule has 108 valence electrons. The van der Waals surface area contributed by atoms with Gasteiger partial charge in [0.05, 0.1) is 11.0 Å². The molecule has 2 aromatic rings. The molecule has 3 rings (SSSR count). The summed E-state index contributed by atoms with van der Waals surface area (Å²) in [5.74, 6) is 1.79. The van der Waals surface area contributed by atoms with Crippen molar-refractivity contribution in [2.75, 3.05) is 0 Å². The molecule has 20 heavy (non-hydrogen) atoms. The van der Waals surface area contributed by atoms with Crippen LogP contribution in [0.3, 0.4) is 0 Å². The van der Waals surface area contributed by atoms with Crippen LogP contribution in [-0.4, -0.2) is 9.55 Å². The Hall–Kier alpha value is -1.09. The molecule has 1 aromatic heterocycles. The van der Waals surface area contributed by atoms with Gasteiger partial charge in [-0.25, -0.2) is 0 Å². The first-order valence-electron chi connectivity index (χ1n) is 7.83. The highest BCUT2D eigenvalue weighted by Gasteiger charge is 2.19. The van der Waals surface area contributed by atoms with Crippen molar-refractivity contribution in [2.45, 2.75) is 52.5 Å². The largest absolute Gasteiger partial charge is 0.330 e. The number of benzene rings is 1. The molecule has 0 amide bonds. The van der Waals surface area contributed by atoms with Gasteiger partial charge in [0.15, 0.2) is 4.77 Å². The number of H-pyrrole nitrogens is 1. The van der Waals surface area contributed by atoms with Crippen LogP contribution in [-0.2, 0) is 6.54 Å². The van der Waals surface area contributed by atoms with Gasteiger partial charge in [0.25, 0.3) is 0 Å². The number of hydrogen-bond donors (Lipinski definition) is 1. The van der Waals surface area contributed by atoms with Gasteiger partial charge in [0.1, 0.15) is 0 Å². The molecule has 1 aliphatic carbocycles. The average molecular weight is 288 g/mol. The van der Waals surface area contributed by atoms with Crippen LogP contribution in [0.4, 0.5) is 0 Å². The second-order valence-electron chi connectivity index (χ2n) is 6.48. The SMILES string of the molecule is Cc1cccc2c1[nH]c(=S)n2CCC1CCCC(C)C1. The van der Waals surface area contributed by atoms with Crippen LogP contribution >= 0.6 is 12.2 Å². The number of para-hydroxylation sites is 1. The van der Waals surface area contributed by atoms with Crippen LogP contribution in [0.25, 0.3) is 11.0 Å². The molecule has 2 nitrogen and oxygen atoms in total. The number of nitrogens with one attached hydrogen (secondary N) is 1. The number of hydrogen-bond acceptors (Lipinski definition) is 1. The van der Waals surface area contributed by atoms with E-state index in [1.54, 1.807) is 0 Å². The number of aromatic nitrogens is 2. The molecule has 1 fully saturated rings. The Balaban J connectivity index is 1.79. The van der Waals surface area contributed by atoms with Crippen molar-refractivity contribution in [3.8, 4) is 0 Å². The highest BCUT2D eigenvalue weighted by Crippen LogP contribution is 2.31. The van der Waals surface area contributed by atoms with Crippen LogP contribution in [0.1, 0.15) is 44.6 Å². The number of nitrogens with zero attached hydrogens (tertiary/aromatic N) is 1. The number of fused-ring (bicyclic) bond motifs is 1. The molecule has 0 saturated heterocycles. The fourth-order valence-electron chi connectivity index (χ4n) is 3.68. The van der Waals surface area contributed by atoms with Crippen molar-refractivity contribution in [3.05, 3.63) is 28.5 Å². The predicted molar refractivity (Wildman–Crippen MR) is 87.6 cm³/mol. The van der Waals surface area contributed by atoms with E-state index in [0.717, 1.165) is 23.2 Å².